The Labute approximate surface area is 175 Å². The van der Waals surface area contributed by atoms with Crippen LogP contribution in [0.1, 0.15) is 25.6 Å². The van der Waals surface area contributed by atoms with Gasteiger partial charge in [0.15, 0.2) is 0 Å². The van der Waals surface area contributed by atoms with Crippen molar-refractivity contribution in [3.8, 4) is 5.75 Å². The van der Waals surface area contributed by atoms with Crippen LogP contribution in [-0.2, 0) is 4.79 Å². The minimum atomic E-state index is -0.701. The molecule has 0 unspecified atom stereocenters. The average Bonchev–Trinajstić information content (AvgIpc) is 3.28. The van der Waals surface area contributed by atoms with Crippen LogP contribution in [0.2, 0.25) is 0 Å². The van der Waals surface area contributed by atoms with Crippen molar-refractivity contribution < 1.29 is 23.5 Å². The van der Waals surface area contributed by atoms with Crippen molar-refractivity contribution in [2.24, 2.45) is 5.10 Å². The molecule has 0 bridgehead atoms. The molecular formula is C21H16FN3O4S. The summed E-state index contributed by atoms with van der Waals surface area (Å²) in [7, 11) is 0. The first-order valence-electron chi connectivity index (χ1n) is 8.73. The molecule has 0 aliphatic carbocycles. The molecule has 9 heteroatoms. The Morgan fingerprint density at radius 1 is 1.07 bits per heavy atom. The maximum atomic E-state index is 13.5. The summed E-state index contributed by atoms with van der Waals surface area (Å²) in [6, 6.07) is 15.5. The molecule has 0 radical (unpaired) electrons. The number of carbonyl (C=O) groups is 3. The molecule has 3 aromatic rings. The lowest BCUT2D eigenvalue weighted by molar-refractivity contribution is -0.120. The minimum Gasteiger partial charge on any atom is -0.422 e. The first-order valence-corrected chi connectivity index (χ1v) is 9.61. The number of halogens is 1. The van der Waals surface area contributed by atoms with Crippen LogP contribution in [0.25, 0.3) is 0 Å². The normalized spacial score (nSPS) is 10.6. The summed E-state index contributed by atoms with van der Waals surface area (Å²) in [6.45, 7) is -0.372. The highest BCUT2D eigenvalue weighted by Crippen LogP contribution is 2.16. The predicted octanol–water partition coefficient (Wildman–Crippen LogP) is 2.99. The number of esters is 1. The number of amides is 2. The van der Waals surface area contributed by atoms with E-state index in [1.807, 2.05) is 0 Å². The van der Waals surface area contributed by atoms with Gasteiger partial charge in [0, 0.05) is 0 Å². The van der Waals surface area contributed by atoms with E-state index in [-0.39, 0.29) is 12.1 Å². The Morgan fingerprint density at radius 2 is 1.90 bits per heavy atom. The number of carbonyl (C=O) groups excluding carboxylic acids is 3. The minimum absolute atomic E-state index is 0.150. The molecule has 152 valence electrons. The Morgan fingerprint density at radius 3 is 2.67 bits per heavy atom. The fourth-order valence-corrected chi connectivity index (χ4v) is 2.93. The van der Waals surface area contributed by atoms with Crippen molar-refractivity contribution >= 4 is 35.3 Å². The lowest BCUT2D eigenvalue weighted by atomic mass is 10.2. The number of nitrogens with one attached hydrogen (secondary N) is 2. The number of hydrogen-bond acceptors (Lipinski definition) is 6. The third-order valence-corrected chi connectivity index (χ3v) is 4.57. The number of nitrogens with zero attached hydrogens (tertiary/aromatic N) is 1. The van der Waals surface area contributed by atoms with Gasteiger partial charge in [-0.05, 0) is 41.3 Å². The summed E-state index contributed by atoms with van der Waals surface area (Å²) < 4.78 is 18.8. The van der Waals surface area contributed by atoms with E-state index in [0.29, 0.717) is 16.2 Å². The standard InChI is InChI=1S/C21H16FN3O4S/c22-17-8-2-1-7-16(17)20(27)23-13-19(26)25-24-12-14-5-3-6-15(11-14)29-21(28)18-9-4-10-30-18/h1-12H,13H2,(H,23,27)(H,25,26)/b24-12+. The quantitative estimate of drug-likeness (QED) is 0.263. The maximum Gasteiger partial charge on any atom is 0.353 e. The van der Waals surface area contributed by atoms with E-state index in [1.165, 1.54) is 35.8 Å². The SMILES string of the molecule is O=C(CNC(=O)c1ccccc1F)N/N=C/c1cccc(OC(=O)c2cccs2)c1. The molecule has 3 rings (SSSR count). The first kappa shape index (κ1) is 20.9. The fourth-order valence-electron chi connectivity index (χ4n) is 2.33. The highest BCUT2D eigenvalue weighted by molar-refractivity contribution is 7.12. The van der Waals surface area contributed by atoms with E-state index in [4.69, 9.17) is 4.74 Å². The summed E-state index contributed by atoms with van der Waals surface area (Å²) in [4.78, 5) is 36.1. The largest absolute Gasteiger partial charge is 0.422 e. The third kappa shape index (κ3) is 5.82. The molecule has 2 aromatic carbocycles. The summed E-state index contributed by atoms with van der Waals surface area (Å²) in [5.74, 6) is -2.09. The number of ether oxygens (including phenoxy) is 1. The van der Waals surface area contributed by atoms with Crippen LogP contribution in [-0.4, -0.2) is 30.5 Å². The summed E-state index contributed by atoms with van der Waals surface area (Å²) in [6.07, 6.45) is 1.36. The number of thiophene rings is 1. The second-order valence-electron chi connectivity index (χ2n) is 5.90. The lowest BCUT2D eigenvalue weighted by Gasteiger charge is -2.05. The van der Waals surface area contributed by atoms with Gasteiger partial charge in [-0.15, -0.1) is 11.3 Å². The first-order chi connectivity index (χ1) is 14.5. The number of hydrogen-bond donors (Lipinski definition) is 2. The second kappa shape index (κ2) is 10.1. The van der Waals surface area contributed by atoms with Crippen molar-refractivity contribution in [1.29, 1.82) is 0 Å². The number of rotatable bonds is 7. The van der Waals surface area contributed by atoms with Crippen LogP contribution in [0.5, 0.6) is 5.75 Å². The molecule has 2 N–H and O–H groups in total. The average molecular weight is 425 g/mol. The van der Waals surface area contributed by atoms with Crippen molar-refractivity contribution in [3.63, 3.8) is 0 Å². The monoisotopic (exact) mass is 425 g/mol. The van der Waals surface area contributed by atoms with Gasteiger partial charge in [-0.2, -0.15) is 5.10 Å². The van der Waals surface area contributed by atoms with Gasteiger partial charge in [0.1, 0.15) is 16.4 Å². The molecular weight excluding hydrogens is 409 g/mol. The molecule has 0 aliphatic rings. The van der Waals surface area contributed by atoms with Gasteiger partial charge in [0.2, 0.25) is 0 Å². The highest BCUT2D eigenvalue weighted by Gasteiger charge is 2.12. The highest BCUT2D eigenvalue weighted by atomic mass is 32.1. The van der Waals surface area contributed by atoms with Crippen molar-refractivity contribution in [3.05, 3.63) is 87.9 Å². The molecule has 0 spiro atoms. The molecule has 0 aliphatic heterocycles. The summed E-state index contributed by atoms with van der Waals surface area (Å²) >= 11 is 1.28. The van der Waals surface area contributed by atoms with Crippen molar-refractivity contribution in [2.45, 2.75) is 0 Å². The van der Waals surface area contributed by atoms with E-state index < -0.39 is 23.6 Å². The molecule has 30 heavy (non-hydrogen) atoms. The third-order valence-electron chi connectivity index (χ3n) is 3.72. The lowest BCUT2D eigenvalue weighted by Crippen LogP contribution is -2.35. The van der Waals surface area contributed by atoms with Gasteiger partial charge in [-0.25, -0.2) is 14.6 Å². The van der Waals surface area contributed by atoms with E-state index >= 15 is 0 Å². The molecule has 0 saturated heterocycles. The van der Waals surface area contributed by atoms with Crippen LogP contribution in [0.3, 0.4) is 0 Å². The summed E-state index contributed by atoms with van der Waals surface area (Å²) in [5.41, 5.74) is 2.69. The van der Waals surface area contributed by atoms with Gasteiger partial charge in [-0.1, -0.05) is 30.3 Å². The summed E-state index contributed by atoms with van der Waals surface area (Å²) in [5, 5.41) is 7.88. The van der Waals surface area contributed by atoms with Crippen molar-refractivity contribution in [1.82, 2.24) is 10.7 Å². The molecule has 1 aromatic heterocycles. The van der Waals surface area contributed by atoms with E-state index in [1.54, 1.807) is 41.8 Å². The fraction of sp³-hybridized carbons (Fsp3) is 0.0476. The Bertz CT molecular complexity index is 1080. The molecule has 2 amide bonds. The molecule has 0 fully saturated rings. The Balaban J connectivity index is 1.49. The Kier molecular flexibility index (Phi) is 7.01. The second-order valence-corrected chi connectivity index (χ2v) is 6.84. The molecule has 1 heterocycles. The van der Waals surface area contributed by atoms with Crippen LogP contribution in [0.4, 0.5) is 4.39 Å². The van der Waals surface area contributed by atoms with Gasteiger partial charge >= 0.3 is 5.97 Å². The zero-order valence-electron chi connectivity index (χ0n) is 15.5. The van der Waals surface area contributed by atoms with E-state index in [2.05, 4.69) is 15.8 Å². The van der Waals surface area contributed by atoms with Crippen LogP contribution >= 0.6 is 11.3 Å². The van der Waals surface area contributed by atoms with Gasteiger partial charge < -0.3 is 10.1 Å². The topological polar surface area (TPSA) is 96.9 Å². The number of hydrazone groups is 1. The smallest absolute Gasteiger partial charge is 0.353 e. The molecule has 0 saturated carbocycles. The maximum absolute atomic E-state index is 13.5. The van der Waals surface area contributed by atoms with Crippen molar-refractivity contribution in [2.75, 3.05) is 6.54 Å². The van der Waals surface area contributed by atoms with Gasteiger partial charge in [0.25, 0.3) is 11.8 Å². The van der Waals surface area contributed by atoms with Crippen LogP contribution < -0.4 is 15.5 Å². The zero-order valence-corrected chi connectivity index (χ0v) is 16.3. The predicted molar refractivity (Wildman–Crippen MR) is 110 cm³/mol. The van der Waals surface area contributed by atoms with Crippen LogP contribution in [0.15, 0.2) is 71.1 Å². The van der Waals surface area contributed by atoms with Gasteiger partial charge in [-0.3, -0.25) is 9.59 Å². The zero-order chi connectivity index (χ0) is 21.3. The Hall–Kier alpha value is -3.85. The molecule has 0 atom stereocenters. The van der Waals surface area contributed by atoms with E-state index in [0.717, 1.165) is 6.07 Å². The number of benzene rings is 2. The van der Waals surface area contributed by atoms with Gasteiger partial charge in [0.05, 0.1) is 18.3 Å². The van der Waals surface area contributed by atoms with E-state index in [9.17, 15) is 18.8 Å². The van der Waals surface area contributed by atoms with Crippen LogP contribution in [0, 0.1) is 5.82 Å². The molecule has 7 nitrogen and oxygen atoms in total.